The van der Waals surface area contributed by atoms with Gasteiger partial charge in [-0.15, -0.1) is 0 Å². The van der Waals surface area contributed by atoms with Gasteiger partial charge in [0.1, 0.15) is 9.92 Å². The predicted octanol–water partition coefficient (Wildman–Crippen LogP) is 2.12. The highest BCUT2D eigenvalue weighted by Gasteiger charge is 2.12. The topological polar surface area (TPSA) is 99.1 Å². The Balaban J connectivity index is 2.28. The molecule has 0 saturated carbocycles. The Morgan fingerprint density at radius 2 is 1.95 bits per heavy atom. The molecule has 0 fully saturated rings. The molecule has 8 heteroatoms. The first-order valence-electron chi connectivity index (χ1n) is 5.08. The lowest BCUT2D eigenvalue weighted by Crippen LogP contribution is -2.14. The molecular weight excluding hydrogens is 306 g/mol. The van der Waals surface area contributed by atoms with Crippen molar-refractivity contribution in [1.82, 2.24) is 4.98 Å². The van der Waals surface area contributed by atoms with Crippen LogP contribution in [0.3, 0.4) is 0 Å². The molecule has 100 valence electrons. The number of anilines is 1. The van der Waals surface area contributed by atoms with Crippen LogP contribution in [-0.2, 0) is 10.0 Å². The zero-order valence-corrected chi connectivity index (χ0v) is 12.0. The van der Waals surface area contributed by atoms with Crippen molar-refractivity contribution in [2.75, 3.05) is 5.73 Å². The van der Waals surface area contributed by atoms with E-state index in [4.69, 9.17) is 22.5 Å². The smallest absolute Gasteiger partial charge is 0.240 e. The van der Waals surface area contributed by atoms with Crippen LogP contribution in [0.25, 0.3) is 0 Å². The van der Waals surface area contributed by atoms with E-state index in [0.29, 0.717) is 5.02 Å². The molecule has 0 radical (unpaired) electrons. The molecule has 0 bridgehead atoms. The lowest BCUT2D eigenvalue weighted by atomic mass is 10.3. The SMILES string of the molecule is Nc1cc(Sc2ccc(Cl)cn2)ccc1S(N)(=O)=O. The molecule has 4 N–H and O–H groups in total. The summed E-state index contributed by atoms with van der Waals surface area (Å²) >= 11 is 7.08. The van der Waals surface area contributed by atoms with Gasteiger partial charge in [-0.25, -0.2) is 18.5 Å². The molecule has 2 aromatic rings. The predicted molar refractivity (Wildman–Crippen MR) is 75.6 cm³/mol. The number of nitrogens with zero attached hydrogens (tertiary/aromatic N) is 1. The van der Waals surface area contributed by atoms with Crippen molar-refractivity contribution in [2.45, 2.75) is 14.8 Å². The third-order valence-electron chi connectivity index (χ3n) is 2.21. The maximum atomic E-state index is 11.2. The average Bonchev–Trinajstić information content (AvgIpc) is 2.30. The van der Waals surface area contributed by atoms with Crippen molar-refractivity contribution in [1.29, 1.82) is 0 Å². The molecule has 0 unspecified atom stereocenters. The van der Waals surface area contributed by atoms with Crippen LogP contribution in [0.4, 0.5) is 5.69 Å². The minimum absolute atomic E-state index is 0.0825. The van der Waals surface area contributed by atoms with Crippen LogP contribution in [-0.4, -0.2) is 13.4 Å². The van der Waals surface area contributed by atoms with Gasteiger partial charge in [0.15, 0.2) is 0 Å². The van der Waals surface area contributed by atoms with E-state index < -0.39 is 10.0 Å². The second kappa shape index (κ2) is 5.38. The number of primary sulfonamides is 1. The molecule has 0 amide bonds. The van der Waals surface area contributed by atoms with E-state index in [-0.39, 0.29) is 10.6 Å². The minimum Gasteiger partial charge on any atom is -0.398 e. The number of sulfonamides is 1. The average molecular weight is 316 g/mol. The summed E-state index contributed by atoms with van der Waals surface area (Å²) in [5.74, 6) is 0. The fraction of sp³-hybridized carbons (Fsp3) is 0. The van der Waals surface area contributed by atoms with Gasteiger partial charge in [0.05, 0.1) is 10.7 Å². The zero-order chi connectivity index (χ0) is 14.0. The number of hydrogen-bond donors (Lipinski definition) is 2. The van der Waals surface area contributed by atoms with E-state index in [9.17, 15) is 8.42 Å². The molecule has 0 atom stereocenters. The maximum absolute atomic E-state index is 11.2. The van der Waals surface area contributed by atoms with Gasteiger partial charge in [-0.05, 0) is 30.3 Å². The van der Waals surface area contributed by atoms with E-state index in [0.717, 1.165) is 9.92 Å². The molecule has 0 saturated heterocycles. The summed E-state index contributed by atoms with van der Waals surface area (Å²) < 4.78 is 22.4. The highest BCUT2D eigenvalue weighted by atomic mass is 35.5. The Morgan fingerprint density at radius 1 is 1.21 bits per heavy atom. The molecule has 0 spiro atoms. The minimum atomic E-state index is -3.80. The fourth-order valence-electron chi connectivity index (χ4n) is 1.39. The quantitative estimate of drug-likeness (QED) is 0.845. The Kier molecular flexibility index (Phi) is 4.00. The second-order valence-electron chi connectivity index (χ2n) is 3.66. The summed E-state index contributed by atoms with van der Waals surface area (Å²) in [7, 11) is -3.80. The van der Waals surface area contributed by atoms with Crippen molar-refractivity contribution in [3.05, 3.63) is 41.6 Å². The molecule has 0 aliphatic rings. The first kappa shape index (κ1) is 14.1. The number of nitrogen functional groups attached to an aromatic ring is 1. The Labute approximate surface area is 120 Å². The third kappa shape index (κ3) is 3.60. The first-order valence-corrected chi connectivity index (χ1v) is 7.82. The van der Waals surface area contributed by atoms with Gasteiger partial charge in [0.25, 0.3) is 0 Å². The summed E-state index contributed by atoms with van der Waals surface area (Å²) in [6, 6.07) is 8.02. The largest absolute Gasteiger partial charge is 0.398 e. The van der Waals surface area contributed by atoms with Crippen LogP contribution >= 0.6 is 23.4 Å². The molecule has 0 aliphatic carbocycles. The van der Waals surface area contributed by atoms with E-state index in [1.807, 2.05) is 0 Å². The van der Waals surface area contributed by atoms with Crippen LogP contribution in [0, 0.1) is 0 Å². The van der Waals surface area contributed by atoms with Crippen molar-refractivity contribution in [3.8, 4) is 0 Å². The lowest BCUT2D eigenvalue weighted by molar-refractivity contribution is 0.598. The van der Waals surface area contributed by atoms with Gasteiger partial charge in [0.2, 0.25) is 10.0 Å². The molecule has 19 heavy (non-hydrogen) atoms. The first-order chi connectivity index (χ1) is 8.86. The van der Waals surface area contributed by atoms with Crippen molar-refractivity contribution < 1.29 is 8.42 Å². The highest BCUT2D eigenvalue weighted by molar-refractivity contribution is 7.99. The highest BCUT2D eigenvalue weighted by Crippen LogP contribution is 2.30. The summed E-state index contributed by atoms with van der Waals surface area (Å²) in [6.45, 7) is 0. The van der Waals surface area contributed by atoms with Gasteiger partial charge in [-0.3, -0.25) is 0 Å². The number of benzene rings is 1. The number of halogens is 1. The van der Waals surface area contributed by atoms with Gasteiger partial charge < -0.3 is 5.73 Å². The summed E-state index contributed by atoms with van der Waals surface area (Å²) in [4.78, 5) is 4.80. The van der Waals surface area contributed by atoms with Crippen LogP contribution in [0.5, 0.6) is 0 Å². The van der Waals surface area contributed by atoms with E-state index >= 15 is 0 Å². The van der Waals surface area contributed by atoms with E-state index in [2.05, 4.69) is 4.98 Å². The van der Waals surface area contributed by atoms with Crippen LogP contribution < -0.4 is 10.9 Å². The normalized spacial score (nSPS) is 11.5. The van der Waals surface area contributed by atoms with Gasteiger partial charge in [-0.1, -0.05) is 23.4 Å². The monoisotopic (exact) mass is 315 g/mol. The molecule has 0 aliphatic heterocycles. The standard InChI is InChI=1S/C11H10ClN3O2S2/c12-7-1-4-11(15-6-7)18-8-2-3-10(9(13)5-8)19(14,16)17/h1-6H,13H2,(H2,14,16,17). The number of aromatic nitrogens is 1. The van der Waals surface area contributed by atoms with Crippen molar-refractivity contribution in [3.63, 3.8) is 0 Å². The molecule has 5 nitrogen and oxygen atoms in total. The summed E-state index contributed by atoms with van der Waals surface area (Å²) in [6.07, 6.45) is 1.53. The number of hydrogen-bond acceptors (Lipinski definition) is 5. The second-order valence-corrected chi connectivity index (χ2v) is 6.72. The van der Waals surface area contributed by atoms with Crippen molar-refractivity contribution in [2.24, 2.45) is 5.14 Å². The zero-order valence-electron chi connectivity index (χ0n) is 9.58. The maximum Gasteiger partial charge on any atom is 0.240 e. The Bertz CT molecular complexity index is 702. The molecule has 2 rings (SSSR count). The number of pyridine rings is 1. The van der Waals surface area contributed by atoms with E-state index in [1.165, 1.54) is 24.0 Å². The van der Waals surface area contributed by atoms with Gasteiger partial charge in [-0.2, -0.15) is 0 Å². The lowest BCUT2D eigenvalue weighted by Gasteiger charge is -2.06. The summed E-state index contributed by atoms with van der Waals surface area (Å²) in [5.41, 5.74) is 5.78. The number of rotatable bonds is 3. The molecule has 1 aromatic carbocycles. The van der Waals surface area contributed by atoms with Crippen molar-refractivity contribution >= 4 is 39.1 Å². The van der Waals surface area contributed by atoms with E-state index in [1.54, 1.807) is 24.3 Å². The number of nitrogens with two attached hydrogens (primary N) is 2. The summed E-state index contributed by atoms with van der Waals surface area (Å²) in [5, 5.41) is 6.31. The molecule has 1 aromatic heterocycles. The van der Waals surface area contributed by atoms with Crippen LogP contribution in [0.1, 0.15) is 0 Å². The van der Waals surface area contributed by atoms with Crippen LogP contribution in [0.2, 0.25) is 5.02 Å². The van der Waals surface area contributed by atoms with Crippen LogP contribution in [0.15, 0.2) is 51.3 Å². The Hall–Kier alpha value is -1.28. The fourth-order valence-corrected chi connectivity index (χ4v) is 2.95. The Morgan fingerprint density at radius 3 is 2.47 bits per heavy atom. The molecular formula is C11H10ClN3O2S2. The third-order valence-corrected chi connectivity index (χ3v) is 4.36. The van der Waals surface area contributed by atoms with Gasteiger partial charge in [0, 0.05) is 11.1 Å². The van der Waals surface area contributed by atoms with Gasteiger partial charge >= 0.3 is 0 Å². The molecule has 1 heterocycles.